The third-order valence-corrected chi connectivity index (χ3v) is 5.23. The molecule has 4 rings (SSSR count). The predicted octanol–water partition coefficient (Wildman–Crippen LogP) is 3.80. The maximum Gasteiger partial charge on any atom is 0.251 e. The van der Waals surface area contributed by atoms with Crippen molar-refractivity contribution >= 4 is 17.4 Å². The van der Waals surface area contributed by atoms with Crippen LogP contribution in [0.4, 0.5) is 5.69 Å². The van der Waals surface area contributed by atoms with Crippen molar-refractivity contribution in [2.75, 3.05) is 37.7 Å². The smallest absolute Gasteiger partial charge is 0.251 e. The lowest BCUT2D eigenvalue weighted by molar-refractivity contribution is 0.0904. The largest absolute Gasteiger partial charge is 0.378 e. The number of carbonyl (C=O) groups is 2. The highest BCUT2D eigenvalue weighted by Crippen LogP contribution is 2.19. The molecule has 1 aliphatic heterocycles. The molecule has 0 unspecified atom stereocenters. The first-order chi connectivity index (χ1) is 14.7. The van der Waals surface area contributed by atoms with E-state index in [-0.39, 0.29) is 18.2 Å². The Labute approximate surface area is 176 Å². The molecule has 3 aromatic carbocycles. The Morgan fingerprint density at radius 1 is 0.767 bits per heavy atom. The summed E-state index contributed by atoms with van der Waals surface area (Å²) in [5.41, 5.74) is 4.35. The molecule has 1 saturated heterocycles. The standard InChI is InChI=1S/C25H24N2O3/c28-24(21-10-12-23(13-11-21)27-14-16-30-17-15-27)18-26-25(29)22-8-6-20(7-9-22)19-4-2-1-3-5-19/h1-13H,14-18H2,(H,26,29). The number of hydrogen-bond acceptors (Lipinski definition) is 4. The number of morpholine rings is 1. The average Bonchev–Trinajstić information content (AvgIpc) is 2.83. The molecule has 1 fully saturated rings. The summed E-state index contributed by atoms with van der Waals surface area (Å²) in [6.45, 7) is 3.12. The van der Waals surface area contributed by atoms with Crippen molar-refractivity contribution in [1.29, 1.82) is 0 Å². The second kappa shape index (κ2) is 9.37. The number of anilines is 1. The second-order valence-electron chi connectivity index (χ2n) is 7.20. The molecule has 0 radical (unpaired) electrons. The number of Topliss-reactive ketones (excluding diaryl/α,β-unsaturated/α-hetero) is 1. The Kier molecular flexibility index (Phi) is 6.20. The molecule has 1 amide bonds. The van der Waals surface area contributed by atoms with Gasteiger partial charge in [-0.3, -0.25) is 9.59 Å². The van der Waals surface area contributed by atoms with Crippen molar-refractivity contribution in [1.82, 2.24) is 5.32 Å². The van der Waals surface area contributed by atoms with Crippen LogP contribution in [0.25, 0.3) is 11.1 Å². The molecule has 152 valence electrons. The van der Waals surface area contributed by atoms with E-state index in [4.69, 9.17) is 4.74 Å². The van der Waals surface area contributed by atoms with Crippen molar-refractivity contribution in [3.8, 4) is 11.1 Å². The highest BCUT2D eigenvalue weighted by atomic mass is 16.5. The van der Waals surface area contributed by atoms with E-state index in [9.17, 15) is 9.59 Å². The lowest BCUT2D eigenvalue weighted by Gasteiger charge is -2.28. The van der Waals surface area contributed by atoms with Crippen LogP contribution in [0.15, 0.2) is 78.9 Å². The van der Waals surface area contributed by atoms with E-state index < -0.39 is 0 Å². The van der Waals surface area contributed by atoms with Gasteiger partial charge in [-0.15, -0.1) is 0 Å². The number of amides is 1. The fraction of sp³-hybridized carbons (Fsp3) is 0.200. The normalized spacial score (nSPS) is 13.7. The topological polar surface area (TPSA) is 58.6 Å². The number of benzene rings is 3. The Balaban J connectivity index is 1.32. The Hall–Kier alpha value is -3.44. The van der Waals surface area contributed by atoms with E-state index in [1.54, 1.807) is 12.1 Å². The minimum Gasteiger partial charge on any atom is -0.378 e. The van der Waals surface area contributed by atoms with E-state index >= 15 is 0 Å². The van der Waals surface area contributed by atoms with Crippen LogP contribution in [0.3, 0.4) is 0 Å². The van der Waals surface area contributed by atoms with Gasteiger partial charge in [-0.05, 0) is 47.5 Å². The van der Waals surface area contributed by atoms with Gasteiger partial charge in [0.1, 0.15) is 0 Å². The summed E-state index contributed by atoms with van der Waals surface area (Å²) in [6, 6.07) is 24.9. The number of nitrogens with zero attached hydrogens (tertiary/aromatic N) is 1. The van der Waals surface area contributed by atoms with Crippen LogP contribution in [-0.4, -0.2) is 44.5 Å². The van der Waals surface area contributed by atoms with Crippen LogP contribution in [-0.2, 0) is 4.74 Å². The van der Waals surface area contributed by atoms with Crippen LogP contribution in [0, 0.1) is 0 Å². The lowest BCUT2D eigenvalue weighted by Crippen LogP contribution is -2.36. The Morgan fingerprint density at radius 2 is 1.37 bits per heavy atom. The fourth-order valence-electron chi connectivity index (χ4n) is 3.49. The first kappa shape index (κ1) is 19.9. The van der Waals surface area contributed by atoms with E-state index in [1.807, 2.05) is 66.7 Å². The van der Waals surface area contributed by atoms with Crippen LogP contribution < -0.4 is 10.2 Å². The number of carbonyl (C=O) groups excluding carboxylic acids is 2. The molecule has 0 aliphatic carbocycles. The quantitative estimate of drug-likeness (QED) is 0.640. The Bertz CT molecular complexity index is 993. The first-order valence-electron chi connectivity index (χ1n) is 10.1. The summed E-state index contributed by atoms with van der Waals surface area (Å²) < 4.78 is 5.37. The van der Waals surface area contributed by atoms with Crippen molar-refractivity contribution in [3.05, 3.63) is 90.0 Å². The molecule has 1 N–H and O–H groups in total. The van der Waals surface area contributed by atoms with Gasteiger partial charge in [-0.25, -0.2) is 0 Å². The van der Waals surface area contributed by atoms with E-state index in [0.717, 1.165) is 43.1 Å². The molecule has 0 atom stereocenters. The fourth-order valence-corrected chi connectivity index (χ4v) is 3.49. The highest BCUT2D eigenvalue weighted by Gasteiger charge is 2.13. The van der Waals surface area contributed by atoms with Gasteiger partial charge in [0.2, 0.25) is 0 Å². The second-order valence-corrected chi connectivity index (χ2v) is 7.20. The molecular formula is C25H24N2O3. The maximum absolute atomic E-state index is 12.5. The lowest BCUT2D eigenvalue weighted by atomic mass is 10.0. The van der Waals surface area contributed by atoms with Gasteiger partial charge in [-0.2, -0.15) is 0 Å². The van der Waals surface area contributed by atoms with Crippen LogP contribution in [0.1, 0.15) is 20.7 Å². The number of ketones is 1. The molecule has 0 saturated carbocycles. The predicted molar refractivity (Wildman–Crippen MR) is 118 cm³/mol. The van der Waals surface area contributed by atoms with Crippen LogP contribution >= 0.6 is 0 Å². The van der Waals surface area contributed by atoms with E-state index in [0.29, 0.717) is 11.1 Å². The molecule has 0 spiro atoms. The molecule has 3 aromatic rings. The molecule has 5 heteroatoms. The molecule has 0 bridgehead atoms. The monoisotopic (exact) mass is 400 g/mol. The SMILES string of the molecule is O=C(CNC(=O)c1ccc(-c2ccccc2)cc1)c1ccc(N2CCOCC2)cc1. The number of nitrogens with one attached hydrogen (secondary N) is 1. The van der Waals surface area contributed by atoms with Gasteiger partial charge in [0.15, 0.2) is 5.78 Å². The molecule has 5 nitrogen and oxygen atoms in total. The molecule has 0 aromatic heterocycles. The van der Waals surface area contributed by atoms with Gasteiger partial charge >= 0.3 is 0 Å². The first-order valence-corrected chi connectivity index (χ1v) is 10.1. The summed E-state index contributed by atoms with van der Waals surface area (Å²) in [5.74, 6) is -0.370. The van der Waals surface area contributed by atoms with Crippen molar-refractivity contribution in [3.63, 3.8) is 0 Å². The summed E-state index contributed by atoms with van der Waals surface area (Å²) in [5, 5.41) is 2.72. The molecule has 1 heterocycles. The van der Waals surface area contributed by atoms with Crippen LogP contribution in [0.2, 0.25) is 0 Å². The zero-order chi connectivity index (χ0) is 20.8. The third kappa shape index (κ3) is 4.75. The van der Waals surface area contributed by atoms with E-state index in [1.165, 1.54) is 0 Å². The third-order valence-electron chi connectivity index (χ3n) is 5.23. The summed E-state index contributed by atoms with van der Waals surface area (Å²) >= 11 is 0. The van der Waals surface area contributed by atoms with Gasteiger partial charge in [-0.1, -0.05) is 42.5 Å². The minimum atomic E-state index is -0.257. The van der Waals surface area contributed by atoms with Crippen molar-refractivity contribution in [2.45, 2.75) is 0 Å². The minimum absolute atomic E-state index is 0.0316. The molecule has 30 heavy (non-hydrogen) atoms. The van der Waals surface area contributed by atoms with Crippen molar-refractivity contribution < 1.29 is 14.3 Å². The van der Waals surface area contributed by atoms with E-state index in [2.05, 4.69) is 10.2 Å². The average molecular weight is 400 g/mol. The molecular weight excluding hydrogens is 376 g/mol. The van der Waals surface area contributed by atoms with Gasteiger partial charge < -0.3 is 15.0 Å². The number of rotatable bonds is 6. The maximum atomic E-state index is 12.5. The Morgan fingerprint density at radius 3 is 2.03 bits per heavy atom. The zero-order valence-electron chi connectivity index (χ0n) is 16.7. The van der Waals surface area contributed by atoms with Gasteiger partial charge in [0.05, 0.1) is 19.8 Å². The highest BCUT2D eigenvalue weighted by molar-refractivity contribution is 6.02. The summed E-state index contributed by atoms with van der Waals surface area (Å²) in [6.07, 6.45) is 0. The zero-order valence-corrected chi connectivity index (χ0v) is 16.7. The van der Waals surface area contributed by atoms with Crippen LogP contribution in [0.5, 0.6) is 0 Å². The van der Waals surface area contributed by atoms with Gasteiger partial charge in [0.25, 0.3) is 5.91 Å². The summed E-state index contributed by atoms with van der Waals surface area (Å²) in [4.78, 5) is 27.1. The summed E-state index contributed by atoms with van der Waals surface area (Å²) in [7, 11) is 0. The number of hydrogen-bond donors (Lipinski definition) is 1. The van der Waals surface area contributed by atoms with Gasteiger partial charge in [0, 0.05) is 29.9 Å². The molecule has 1 aliphatic rings. The van der Waals surface area contributed by atoms with Crippen molar-refractivity contribution in [2.24, 2.45) is 0 Å². The number of ether oxygens (including phenoxy) is 1.